The lowest BCUT2D eigenvalue weighted by Crippen LogP contribution is -2.24. The number of ether oxygens (including phenoxy) is 1. The zero-order valence-electron chi connectivity index (χ0n) is 15.3. The lowest BCUT2D eigenvalue weighted by atomic mass is 10.2. The van der Waals surface area contributed by atoms with Crippen molar-refractivity contribution >= 4 is 22.5 Å². The van der Waals surface area contributed by atoms with Gasteiger partial charge in [-0.15, -0.1) is 0 Å². The molecule has 2 aromatic carbocycles. The second kappa shape index (κ2) is 7.80. The zero-order chi connectivity index (χ0) is 19.5. The van der Waals surface area contributed by atoms with Crippen LogP contribution in [0, 0.1) is 5.82 Å². The number of aryl methyl sites for hydroxylation is 1. The van der Waals surface area contributed by atoms with Gasteiger partial charge in [-0.3, -0.25) is 14.2 Å². The quantitative estimate of drug-likeness (QED) is 0.753. The first-order valence-electron chi connectivity index (χ1n) is 9.32. The maximum Gasteiger partial charge on any atom is 0.262 e. The number of hydrogen-bond donors (Lipinski definition) is 1. The van der Waals surface area contributed by atoms with E-state index in [9.17, 15) is 14.0 Å². The van der Waals surface area contributed by atoms with E-state index in [0.717, 1.165) is 31.5 Å². The third-order valence-corrected chi connectivity index (χ3v) is 4.78. The second-order valence-electron chi connectivity index (χ2n) is 6.82. The minimum Gasteiger partial charge on any atom is -0.484 e. The summed E-state index contributed by atoms with van der Waals surface area (Å²) in [7, 11) is 0. The number of anilines is 1. The summed E-state index contributed by atoms with van der Waals surface area (Å²) in [5, 5.41) is 3.12. The number of fused-ring (bicyclic) bond motifs is 2. The minimum atomic E-state index is -0.372. The molecule has 0 radical (unpaired) electrons. The van der Waals surface area contributed by atoms with Gasteiger partial charge in [0, 0.05) is 18.7 Å². The largest absolute Gasteiger partial charge is 0.484 e. The topological polar surface area (TPSA) is 73.2 Å². The summed E-state index contributed by atoms with van der Waals surface area (Å²) >= 11 is 0. The van der Waals surface area contributed by atoms with Crippen LogP contribution < -0.4 is 15.6 Å². The summed E-state index contributed by atoms with van der Waals surface area (Å²) < 4.78 is 20.2. The molecule has 1 aliphatic heterocycles. The number of benzene rings is 2. The molecule has 1 aromatic heterocycles. The third kappa shape index (κ3) is 3.88. The highest BCUT2D eigenvalue weighted by Crippen LogP contribution is 2.20. The number of carbonyl (C=O) groups excluding carboxylic acids is 1. The molecule has 0 spiro atoms. The molecule has 3 aromatic rings. The van der Waals surface area contributed by atoms with Crippen molar-refractivity contribution in [3.05, 3.63) is 64.5 Å². The number of aromatic nitrogens is 2. The van der Waals surface area contributed by atoms with Crippen LogP contribution in [0.15, 0.2) is 47.3 Å². The lowest BCUT2D eigenvalue weighted by Gasteiger charge is -2.11. The van der Waals surface area contributed by atoms with Crippen LogP contribution in [0.4, 0.5) is 10.1 Å². The van der Waals surface area contributed by atoms with E-state index in [1.165, 1.54) is 24.3 Å². The molecule has 6 nitrogen and oxygen atoms in total. The molecule has 4 rings (SSSR count). The fraction of sp³-hybridized carbons (Fsp3) is 0.286. The number of nitrogens with one attached hydrogen (secondary N) is 1. The third-order valence-electron chi connectivity index (χ3n) is 4.78. The van der Waals surface area contributed by atoms with Gasteiger partial charge in [-0.25, -0.2) is 9.37 Å². The van der Waals surface area contributed by atoms with Crippen molar-refractivity contribution in [3.8, 4) is 5.75 Å². The number of nitrogens with zero attached hydrogens (tertiary/aromatic N) is 2. The Kier molecular flexibility index (Phi) is 5.06. The smallest absolute Gasteiger partial charge is 0.262 e. The van der Waals surface area contributed by atoms with Crippen LogP contribution in [0.5, 0.6) is 5.75 Å². The molecule has 0 saturated heterocycles. The van der Waals surface area contributed by atoms with Crippen molar-refractivity contribution in [1.29, 1.82) is 0 Å². The maximum atomic E-state index is 12.9. The van der Waals surface area contributed by atoms with Crippen LogP contribution in [0.3, 0.4) is 0 Å². The van der Waals surface area contributed by atoms with Crippen molar-refractivity contribution < 1.29 is 13.9 Å². The van der Waals surface area contributed by atoms with Crippen LogP contribution in [0.2, 0.25) is 0 Å². The maximum absolute atomic E-state index is 12.9. The van der Waals surface area contributed by atoms with Gasteiger partial charge in [-0.1, -0.05) is 6.42 Å². The van der Waals surface area contributed by atoms with Gasteiger partial charge < -0.3 is 10.1 Å². The highest BCUT2D eigenvalue weighted by atomic mass is 19.1. The van der Waals surface area contributed by atoms with Crippen LogP contribution in [0.25, 0.3) is 10.9 Å². The molecule has 144 valence electrons. The van der Waals surface area contributed by atoms with Gasteiger partial charge in [0.2, 0.25) is 0 Å². The molecular weight excluding hydrogens is 361 g/mol. The van der Waals surface area contributed by atoms with Crippen molar-refractivity contribution in [2.75, 3.05) is 11.9 Å². The Morgan fingerprint density at radius 2 is 1.96 bits per heavy atom. The molecule has 0 saturated carbocycles. The SMILES string of the molecule is O=C(COc1ccc2nc3n(c(=O)c2c1)CCCCC3)Nc1ccc(F)cc1. The molecule has 7 heteroatoms. The second-order valence-corrected chi connectivity index (χ2v) is 6.82. The van der Waals surface area contributed by atoms with Crippen LogP contribution in [0.1, 0.15) is 25.1 Å². The number of rotatable bonds is 4. The van der Waals surface area contributed by atoms with Gasteiger partial charge in [0.25, 0.3) is 11.5 Å². The van der Waals surface area contributed by atoms with Crippen LogP contribution in [-0.2, 0) is 17.8 Å². The van der Waals surface area contributed by atoms with Crippen LogP contribution >= 0.6 is 0 Å². The van der Waals surface area contributed by atoms with Gasteiger partial charge in [0.1, 0.15) is 17.4 Å². The highest BCUT2D eigenvalue weighted by molar-refractivity contribution is 5.91. The number of hydrogen-bond acceptors (Lipinski definition) is 4. The van der Waals surface area contributed by atoms with E-state index >= 15 is 0 Å². The normalized spacial score (nSPS) is 13.6. The molecule has 2 heterocycles. The predicted molar refractivity (Wildman–Crippen MR) is 104 cm³/mol. The fourth-order valence-electron chi connectivity index (χ4n) is 3.37. The van der Waals surface area contributed by atoms with Gasteiger partial charge in [0.05, 0.1) is 10.9 Å². The van der Waals surface area contributed by atoms with Gasteiger partial charge in [0.15, 0.2) is 6.61 Å². The Labute approximate surface area is 161 Å². The van der Waals surface area contributed by atoms with E-state index in [1.807, 2.05) is 0 Å². The Hall–Kier alpha value is -3.22. The molecular formula is C21H20FN3O3. The summed E-state index contributed by atoms with van der Waals surface area (Å²) in [6, 6.07) is 10.6. The van der Waals surface area contributed by atoms with Gasteiger partial charge in [-0.05, 0) is 55.3 Å². The van der Waals surface area contributed by atoms with Crippen molar-refractivity contribution in [3.63, 3.8) is 0 Å². The summed E-state index contributed by atoms with van der Waals surface area (Å²) in [6.45, 7) is 0.463. The van der Waals surface area contributed by atoms with Gasteiger partial charge in [-0.2, -0.15) is 0 Å². The van der Waals surface area contributed by atoms with Crippen molar-refractivity contribution in [2.45, 2.75) is 32.2 Å². The van der Waals surface area contributed by atoms with E-state index in [4.69, 9.17) is 4.74 Å². The predicted octanol–water partition coefficient (Wildman–Crippen LogP) is 3.28. The number of amides is 1. The summed E-state index contributed by atoms with van der Waals surface area (Å²) in [4.78, 5) is 29.5. The summed E-state index contributed by atoms with van der Waals surface area (Å²) in [6.07, 6.45) is 3.92. The Morgan fingerprint density at radius 1 is 1.14 bits per heavy atom. The first kappa shape index (κ1) is 18.2. The fourth-order valence-corrected chi connectivity index (χ4v) is 3.37. The molecule has 1 aliphatic rings. The van der Waals surface area contributed by atoms with E-state index < -0.39 is 0 Å². The van der Waals surface area contributed by atoms with Crippen LogP contribution in [-0.4, -0.2) is 22.1 Å². The Morgan fingerprint density at radius 3 is 2.79 bits per heavy atom. The Balaban J connectivity index is 1.50. The number of carbonyl (C=O) groups is 1. The molecule has 28 heavy (non-hydrogen) atoms. The average Bonchev–Trinajstić information content (AvgIpc) is 2.94. The van der Waals surface area contributed by atoms with E-state index in [2.05, 4.69) is 10.3 Å². The lowest BCUT2D eigenvalue weighted by molar-refractivity contribution is -0.118. The molecule has 1 amide bonds. The molecule has 0 atom stereocenters. The molecule has 0 aliphatic carbocycles. The van der Waals surface area contributed by atoms with E-state index in [0.29, 0.717) is 28.9 Å². The van der Waals surface area contributed by atoms with Gasteiger partial charge >= 0.3 is 0 Å². The number of halogens is 1. The van der Waals surface area contributed by atoms with Crippen molar-refractivity contribution in [2.24, 2.45) is 0 Å². The van der Waals surface area contributed by atoms with E-state index in [1.54, 1.807) is 22.8 Å². The monoisotopic (exact) mass is 381 g/mol. The standard InChI is InChI=1S/C21H20FN3O3/c22-14-5-7-15(8-6-14)23-20(26)13-28-16-9-10-18-17(12-16)21(27)25-11-3-1-2-4-19(25)24-18/h5-10,12H,1-4,11,13H2,(H,23,26). The molecule has 0 unspecified atom stereocenters. The average molecular weight is 381 g/mol. The van der Waals surface area contributed by atoms with Crippen molar-refractivity contribution in [1.82, 2.24) is 9.55 Å². The minimum absolute atomic E-state index is 0.0666. The zero-order valence-corrected chi connectivity index (χ0v) is 15.3. The van der Waals surface area contributed by atoms with E-state index in [-0.39, 0.29) is 23.9 Å². The first-order valence-corrected chi connectivity index (χ1v) is 9.32. The molecule has 0 fully saturated rings. The molecule has 1 N–H and O–H groups in total. The first-order chi connectivity index (χ1) is 13.6. The highest BCUT2D eigenvalue weighted by Gasteiger charge is 2.14. The summed E-state index contributed by atoms with van der Waals surface area (Å²) in [5.74, 6) is 0.517. The molecule has 0 bridgehead atoms. The summed E-state index contributed by atoms with van der Waals surface area (Å²) in [5.41, 5.74) is 1.06. The Bertz CT molecular complexity index is 1080.